The van der Waals surface area contributed by atoms with Gasteiger partial charge in [-0.1, -0.05) is 12.1 Å². The predicted molar refractivity (Wildman–Crippen MR) is 82.6 cm³/mol. The highest BCUT2D eigenvalue weighted by Crippen LogP contribution is 2.12. The molecule has 0 spiro atoms. The van der Waals surface area contributed by atoms with E-state index in [9.17, 15) is 9.59 Å². The molecule has 0 fully saturated rings. The number of ether oxygens (including phenoxy) is 1. The highest BCUT2D eigenvalue weighted by atomic mass is 16.5. The van der Waals surface area contributed by atoms with Crippen molar-refractivity contribution in [3.05, 3.63) is 47.8 Å². The zero-order valence-electron chi connectivity index (χ0n) is 12.0. The number of carbonyl (C=O) groups is 2. The molecule has 0 aliphatic rings. The van der Waals surface area contributed by atoms with E-state index in [1.54, 1.807) is 6.92 Å². The lowest BCUT2D eigenvalue weighted by molar-refractivity contribution is 0.0519. The van der Waals surface area contributed by atoms with Gasteiger partial charge in [-0.25, -0.2) is 4.79 Å². The average molecular weight is 300 g/mol. The summed E-state index contributed by atoms with van der Waals surface area (Å²) in [4.78, 5) is 24.3. The van der Waals surface area contributed by atoms with Gasteiger partial charge in [-0.15, -0.1) is 0 Å². The minimum Gasteiger partial charge on any atom is -0.461 e. The Bertz CT molecular complexity index is 776. The quantitative estimate of drug-likeness (QED) is 0.506. The maximum Gasteiger partial charge on any atom is 0.358 e. The Labute approximate surface area is 126 Å². The zero-order valence-corrected chi connectivity index (χ0v) is 12.0. The number of aromatic amines is 2. The lowest BCUT2D eigenvalue weighted by Gasteiger charge is -1.94. The first-order valence-corrected chi connectivity index (χ1v) is 6.64. The first kappa shape index (κ1) is 15.3. The molecule has 0 amide bonds. The van der Waals surface area contributed by atoms with Crippen molar-refractivity contribution in [2.45, 2.75) is 6.92 Å². The van der Waals surface area contributed by atoms with Crippen LogP contribution in [0.2, 0.25) is 0 Å². The molecule has 22 heavy (non-hydrogen) atoms. The number of anilines is 1. The van der Waals surface area contributed by atoms with Gasteiger partial charge in [-0.3, -0.25) is 9.89 Å². The molecular weight excluding hydrogens is 284 g/mol. The summed E-state index contributed by atoms with van der Waals surface area (Å²) in [6.07, 6.45) is 2.71. The number of nitrogens with one attached hydrogen (secondary N) is 2. The number of benzene rings is 1. The van der Waals surface area contributed by atoms with Crippen molar-refractivity contribution >= 4 is 29.0 Å². The van der Waals surface area contributed by atoms with Crippen LogP contribution in [0.1, 0.15) is 27.8 Å². The fourth-order valence-electron chi connectivity index (χ4n) is 1.78. The van der Waals surface area contributed by atoms with Crippen LogP contribution >= 0.6 is 0 Å². The third-order valence-corrected chi connectivity index (χ3v) is 2.80. The van der Waals surface area contributed by atoms with Crippen molar-refractivity contribution in [3.63, 3.8) is 0 Å². The van der Waals surface area contributed by atoms with E-state index in [0.29, 0.717) is 18.0 Å². The van der Waals surface area contributed by atoms with Gasteiger partial charge < -0.3 is 15.5 Å². The van der Waals surface area contributed by atoms with Crippen LogP contribution in [0.5, 0.6) is 0 Å². The van der Waals surface area contributed by atoms with Gasteiger partial charge in [0.15, 0.2) is 5.69 Å². The largest absolute Gasteiger partial charge is 0.461 e. The molecule has 1 aromatic carbocycles. The maximum atomic E-state index is 10.9. The van der Waals surface area contributed by atoms with Gasteiger partial charge in [0.25, 0.3) is 0 Å². The summed E-state index contributed by atoms with van der Waals surface area (Å²) in [7, 11) is 0. The number of nitrogen functional groups attached to an aromatic ring is 1. The molecule has 0 saturated heterocycles. The van der Waals surface area contributed by atoms with Gasteiger partial charge in [0.1, 0.15) is 12.1 Å². The van der Waals surface area contributed by atoms with Crippen molar-refractivity contribution in [3.8, 4) is 0 Å². The molecule has 7 nitrogen and oxygen atoms in total. The molecule has 0 radical (unpaired) electrons. The summed E-state index contributed by atoms with van der Waals surface area (Å²) in [5.41, 5.74) is 7.22. The number of H-pyrrole nitrogens is 2. The van der Waals surface area contributed by atoms with Gasteiger partial charge in [0, 0.05) is 23.3 Å². The average Bonchev–Trinajstić information content (AvgIpc) is 3.15. The molecule has 0 atom stereocenters. The van der Waals surface area contributed by atoms with Crippen LogP contribution < -0.4 is 5.73 Å². The van der Waals surface area contributed by atoms with Crippen LogP contribution in [0, 0.1) is 0 Å². The molecule has 3 rings (SSSR count). The summed E-state index contributed by atoms with van der Waals surface area (Å²) in [5.74, 6) is -0.103. The number of aldehydes is 1. The van der Waals surface area contributed by atoms with E-state index in [1.165, 1.54) is 6.07 Å². The monoisotopic (exact) mass is 300 g/mol. The van der Waals surface area contributed by atoms with E-state index in [0.717, 1.165) is 17.2 Å². The van der Waals surface area contributed by atoms with Gasteiger partial charge >= 0.3 is 5.97 Å². The van der Waals surface area contributed by atoms with Gasteiger partial charge in [0.2, 0.25) is 0 Å². The lowest BCUT2D eigenvalue weighted by Crippen LogP contribution is -2.04. The van der Waals surface area contributed by atoms with E-state index in [1.807, 2.05) is 30.5 Å². The third kappa shape index (κ3) is 3.72. The Kier molecular flexibility index (Phi) is 4.92. The summed E-state index contributed by atoms with van der Waals surface area (Å²) in [6, 6.07) is 8.98. The van der Waals surface area contributed by atoms with Crippen LogP contribution in [0.3, 0.4) is 0 Å². The summed E-state index contributed by atoms with van der Waals surface area (Å²) in [6.45, 7) is 2.07. The van der Waals surface area contributed by atoms with E-state index in [2.05, 4.69) is 19.9 Å². The molecule has 0 aliphatic heterocycles. The number of hydrogen-bond donors (Lipinski definition) is 3. The van der Waals surface area contributed by atoms with Gasteiger partial charge in [-0.2, -0.15) is 5.10 Å². The number of carbonyl (C=O) groups excluding carboxylic acids is 2. The van der Waals surface area contributed by atoms with E-state index >= 15 is 0 Å². The smallest absolute Gasteiger partial charge is 0.358 e. The molecule has 4 N–H and O–H groups in total. The Morgan fingerprint density at radius 2 is 2.18 bits per heavy atom. The number of rotatable bonds is 3. The van der Waals surface area contributed by atoms with Crippen molar-refractivity contribution in [1.29, 1.82) is 0 Å². The molecule has 0 saturated carbocycles. The SMILES string of the molecule is CCOC(=O)c1cc(N)[nH]n1.O=Cc1ccc2cc[nH]c2c1. The topological polar surface area (TPSA) is 114 Å². The van der Waals surface area contributed by atoms with Crippen LogP contribution in [-0.4, -0.2) is 34.0 Å². The van der Waals surface area contributed by atoms with Crippen molar-refractivity contribution in [2.24, 2.45) is 0 Å². The Hall–Kier alpha value is -3.09. The van der Waals surface area contributed by atoms with Crippen molar-refractivity contribution in [2.75, 3.05) is 12.3 Å². The second kappa shape index (κ2) is 7.07. The molecule has 114 valence electrons. The van der Waals surface area contributed by atoms with Crippen LogP contribution in [0.25, 0.3) is 10.9 Å². The molecule has 3 aromatic rings. The molecular formula is C15H16N4O3. The third-order valence-electron chi connectivity index (χ3n) is 2.80. The van der Waals surface area contributed by atoms with Crippen LogP contribution in [0.15, 0.2) is 36.5 Å². The van der Waals surface area contributed by atoms with E-state index in [4.69, 9.17) is 5.73 Å². The molecule has 0 aliphatic carbocycles. The fourth-order valence-corrected chi connectivity index (χ4v) is 1.78. The van der Waals surface area contributed by atoms with Crippen molar-refractivity contribution < 1.29 is 14.3 Å². The highest BCUT2D eigenvalue weighted by Gasteiger charge is 2.08. The van der Waals surface area contributed by atoms with Crippen LogP contribution in [-0.2, 0) is 4.74 Å². The molecule has 0 bridgehead atoms. The zero-order chi connectivity index (χ0) is 15.9. The lowest BCUT2D eigenvalue weighted by atomic mass is 10.2. The van der Waals surface area contributed by atoms with E-state index < -0.39 is 5.97 Å². The maximum absolute atomic E-state index is 10.9. The second-order valence-electron chi connectivity index (χ2n) is 4.37. The Balaban J connectivity index is 0.000000160. The standard InChI is InChI=1S/C9H7NO.C6H9N3O2/c11-6-7-1-2-8-3-4-10-9(8)5-7;1-2-11-6(10)4-3-5(7)9-8-4/h1-6,10H;3H,2H2,1H3,(H3,7,8,9). The number of esters is 1. The summed E-state index contributed by atoms with van der Waals surface area (Å²) < 4.78 is 4.66. The summed E-state index contributed by atoms with van der Waals surface area (Å²) in [5, 5.41) is 7.18. The van der Waals surface area contributed by atoms with Crippen molar-refractivity contribution in [1.82, 2.24) is 15.2 Å². The summed E-state index contributed by atoms with van der Waals surface area (Å²) >= 11 is 0. The first-order chi connectivity index (χ1) is 10.6. The molecule has 7 heteroatoms. The van der Waals surface area contributed by atoms with E-state index in [-0.39, 0.29) is 5.69 Å². The highest BCUT2D eigenvalue weighted by molar-refractivity contribution is 5.88. The first-order valence-electron chi connectivity index (χ1n) is 6.64. The normalized spacial score (nSPS) is 9.86. The minimum atomic E-state index is -0.458. The number of aromatic nitrogens is 3. The Morgan fingerprint density at radius 3 is 2.82 bits per heavy atom. The van der Waals surface area contributed by atoms with Gasteiger partial charge in [0.05, 0.1) is 6.61 Å². The molecule has 2 aromatic heterocycles. The fraction of sp³-hybridized carbons (Fsp3) is 0.133. The molecule has 2 heterocycles. The van der Waals surface area contributed by atoms with Gasteiger partial charge in [-0.05, 0) is 24.4 Å². The number of hydrogen-bond acceptors (Lipinski definition) is 5. The molecule has 0 unspecified atom stereocenters. The number of nitrogens with zero attached hydrogens (tertiary/aromatic N) is 1. The minimum absolute atomic E-state index is 0.212. The second-order valence-corrected chi connectivity index (χ2v) is 4.37. The predicted octanol–water partition coefficient (Wildman–Crippen LogP) is 2.15. The number of nitrogens with two attached hydrogens (primary N) is 1. The number of fused-ring (bicyclic) bond motifs is 1. The van der Waals surface area contributed by atoms with Crippen LogP contribution in [0.4, 0.5) is 5.82 Å². The Morgan fingerprint density at radius 1 is 1.36 bits per heavy atom.